The molecule has 3 aromatic heterocycles. The largest absolute Gasteiger partial charge is 1.00 e. The Hall–Kier alpha value is -2.02. The van der Waals surface area contributed by atoms with Gasteiger partial charge in [0, 0.05) is 31.6 Å². The molecule has 2 aromatic carbocycles. The van der Waals surface area contributed by atoms with E-state index in [1.165, 1.54) is 75.2 Å². The van der Waals surface area contributed by atoms with Gasteiger partial charge in [-0.3, -0.25) is 0 Å². The molecule has 0 atom stereocenters. The maximum atomic E-state index is 5.20. The molecule has 5 rings (SSSR count). The summed E-state index contributed by atoms with van der Waals surface area (Å²) in [6.07, 6.45) is 15.3. The van der Waals surface area contributed by atoms with Crippen LogP contribution in [-0.2, 0) is 31.6 Å². The zero-order valence-corrected chi connectivity index (χ0v) is 29.7. The standard InChI is InChI=1S/C35H45N5.3ClH.V/c1-3-5-7-9-11-17-26-39-32-24-15-13-20-28(32)37-34(39)30-22-19-23-31(36-30)35-38-29-21-14-16-25-33(29)40(35)27-18-12-10-8-6-4-2;;;;/h13-16,19-25H,3-12,17-18,26-27H2,1-2H3;3*1H;/p-3. The molecule has 0 fully saturated rings. The van der Waals surface area contributed by atoms with Gasteiger partial charge in [0.1, 0.15) is 11.4 Å². The number of nitrogens with zero attached hydrogens (tertiary/aromatic N) is 5. The first-order valence-corrected chi connectivity index (χ1v) is 15.7. The summed E-state index contributed by atoms with van der Waals surface area (Å²) in [6, 6.07) is 23.3. The molecule has 5 aromatic rings. The number of aromatic nitrogens is 5. The first-order chi connectivity index (χ1) is 19.8. The van der Waals surface area contributed by atoms with Crippen molar-refractivity contribution in [3.63, 3.8) is 0 Å². The summed E-state index contributed by atoms with van der Waals surface area (Å²) in [5, 5.41) is 0. The van der Waals surface area contributed by atoms with Gasteiger partial charge in [-0.2, -0.15) is 0 Å². The Labute approximate surface area is 294 Å². The van der Waals surface area contributed by atoms with Crippen molar-refractivity contribution in [3.05, 3.63) is 66.7 Å². The van der Waals surface area contributed by atoms with Crippen LogP contribution >= 0.6 is 0 Å². The van der Waals surface area contributed by atoms with Crippen molar-refractivity contribution in [2.45, 2.75) is 104 Å². The maximum Gasteiger partial charge on any atom is 0.159 e. The van der Waals surface area contributed by atoms with Gasteiger partial charge in [0.05, 0.1) is 22.1 Å². The van der Waals surface area contributed by atoms with Crippen molar-refractivity contribution in [2.75, 3.05) is 0 Å². The molecule has 0 saturated heterocycles. The van der Waals surface area contributed by atoms with Gasteiger partial charge >= 0.3 is 0 Å². The Balaban J connectivity index is 0.00000242. The smallest absolute Gasteiger partial charge is 0.159 e. The molecule has 0 unspecified atom stereocenters. The molecule has 0 aliphatic carbocycles. The predicted octanol–water partition coefficient (Wildman–Crippen LogP) is 0.846. The minimum Gasteiger partial charge on any atom is -1.00 e. The van der Waals surface area contributed by atoms with Crippen LogP contribution in [0, 0.1) is 0 Å². The fourth-order valence-corrected chi connectivity index (χ4v) is 5.78. The van der Waals surface area contributed by atoms with Crippen LogP contribution in [0.25, 0.3) is 45.1 Å². The second-order valence-electron chi connectivity index (χ2n) is 11.1. The van der Waals surface area contributed by atoms with E-state index in [0.717, 1.165) is 60.0 Å². The fourth-order valence-electron chi connectivity index (χ4n) is 5.78. The van der Waals surface area contributed by atoms with Gasteiger partial charge in [0.2, 0.25) is 0 Å². The van der Waals surface area contributed by atoms with Crippen LogP contribution in [0.2, 0.25) is 0 Å². The van der Waals surface area contributed by atoms with Crippen LogP contribution in [0.5, 0.6) is 0 Å². The molecule has 9 heteroatoms. The Morgan fingerprint density at radius 2 is 0.841 bits per heavy atom. The third kappa shape index (κ3) is 9.99. The first kappa shape index (κ1) is 40.0. The number of unbranched alkanes of at least 4 members (excludes halogenated alkanes) is 10. The first-order valence-electron chi connectivity index (χ1n) is 15.7. The summed E-state index contributed by atoms with van der Waals surface area (Å²) >= 11 is 0. The summed E-state index contributed by atoms with van der Waals surface area (Å²) in [7, 11) is 0. The quantitative estimate of drug-likeness (QED) is 0.144. The Bertz CT molecular complexity index is 1410. The van der Waals surface area contributed by atoms with Gasteiger partial charge in [0.15, 0.2) is 11.6 Å². The van der Waals surface area contributed by atoms with Crippen LogP contribution in [0.15, 0.2) is 66.7 Å². The summed E-state index contributed by atoms with van der Waals surface area (Å²) in [5.41, 5.74) is 6.27. The van der Waals surface area contributed by atoms with E-state index in [0.29, 0.717) is 0 Å². The average Bonchev–Trinajstić information content (AvgIpc) is 3.55. The van der Waals surface area contributed by atoms with Gasteiger partial charge in [-0.05, 0) is 49.2 Å². The Kier molecular flexibility index (Phi) is 19.0. The number of aryl methyl sites for hydroxylation is 2. The predicted molar refractivity (Wildman–Crippen MR) is 168 cm³/mol. The summed E-state index contributed by atoms with van der Waals surface area (Å²) in [5.74, 6) is 1.91. The van der Waals surface area contributed by atoms with E-state index in [1.54, 1.807) is 0 Å². The van der Waals surface area contributed by atoms with E-state index in [2.05, 4.69) is 89.7 Å². The number of hydrogen-bond donors (Lipinski definition) is 0. The second kappa shape index (κ2) is 20.9. The SMILES string of the molecule is CCCCCCCCn1c(-c2cccc(-c3nc4ccccc4n3CCCCCCCC)n2)nc2ccccc21.[Cl-].[Cl-].[Cl-].[V]. The van der Waals surface area contributed by atoms with Crippen molar-refractivity contribution in [3.8, 4) is 23.0 Å². The molecular weight excluding hydrogens is 648 g/mol. The molecule has 0 bridgehead atoms. The van der Waals surface area contributed by atoms with Crippen LogP contribution in [0.3, 0.4) is 0 Å². The number of imidazole rings is 2. The van der Waals surface area contributed by atoms with Crippen molar-refractivity contribution in [1.29, 1.82) is 0 Å². The molecule has 0 aliphatic rings. The molecule has 0 spiro atoms. The van der Waals surface area contributed by atoms with Crippen LogP contribution in [0.4, 0.5) is 0 Å². The fraction of sp³-hybridized carbons (Fsp3) is 0.457. The molecule has 5 nitrogen and oxygen atoms in total. The van der Waals surface area contributed by atoms with E-state index in [-0.39, 0.29) is 55.8 Å². The zero-order valence-electron chi connectivity index (χ0n) is 26.1. The molecule has 44 heavy (non-hydrogen) atoms. The molecular formula is C35H45Cl3N5V-3. The van der Waals surface area contributed by atoms with Crippen molar-refractivity contribution in [1.82, 2.24) is 24.1 Å². The topological polar surface area (TPSA) is 48.5 Å². The monoisotopic (exact) mass is 691 g/mol. The molecule has 0 amide bonds. The van der Waals surface area contributed by atoms with E-state index in [9.17, 15) is 0 Å². The minimum absolute atomic E-state index is 0. The van der Waals surface area contributed by atoms with Crippen LogP contribution in [0.1, 0.15) is 90.9 Å². The van der Waals surface area contributed by atoms with Gasteiger partial charge in [-0.1, -0.05) is 108 Å². The molecule has 0 saturated carbocycles. The van der Waals surface area contributed by atoms with Crippen molar-refractivity contribution >= 4 is 22.1 Å². The van der Waals surface area contributed by atoms with E-state index >= 15 is 0 Å². The maximum absolute atomic E-state index is 5.20. The average molecular weight is 693 g/mol. The van der Waals surface area contributed by atoms with Gasteiger partial charge in [0.25, 0.3) is 0 Å². The number of halogens is 3. The van der Waals surface area contributed by atoms with Crippen LogP contribution in [-0.4, -0.2) is 24.1 Å². The van der Waals surface area contributed by atoms with E-state index in [4.69, 9.17) is 15.0 Å². The number of para-hydroxylation sites is 4. The summed E-state index contributed by atoms with van der Waals surface area (Å²) in [4.78, 5) is 15.3. The molecule has 0 aliphatic heterocycles. The number of fused-ring (bicyclic) bond motifs is 2. The molecule has 3 heterocycles. The third-order valence-electron chi connectivity index (χ3n) is 7.99. The van der Waals surface area contributed by atoms with Crippen molar-refractivity contribution in [2.24, 2.45) is 0 Å². The zero-order chi connectivity index (χ0) is 27.6. The van der Waals surface area contributed by atoms with Gasteiger partial charge in [-0.15, -0.1) is 0 Å². The number of pyridine rings is 1. The number of rotatable bonds is 16. The Morgan fingerprint density at radius 3 is 1.27 bits per heavy atom. The minimum atomic E-state index is 0. The van der Waals surface area contributed by atoms with Gasteiger partial charge < -0.3 is 46.4 Å². The molecule has 1 radical (unpaired) electrons. The van der Waals surface area contributed by atoms with Crippen LogP contribution < -0.4 is 37.2 Å². The second-order valence-corrected chi connectivity index (χ2v) is 11.1. The number of hydrogen-bond acceptors (Lipinski definition) is 3. The molecule has 239 valence electrons. The van der Waals surface area contributed by atoms with Gasteiger partial charge in [-0.25, -0.2) is 15.0 Å². The molecule has 0 N–H and O–H groups in total. The van der Waals surface area contributed by atoms with E-state index < -0.39 is 0 Å². The normalized spacial score (nSPS) is 10.6. The van der Waals surface area contributed by atoms with E-state index in [1.807, 2.05) is 0 Å². The summed E-state index contributed by atoms with van der Waals surface area (Å²) < 4.78 is 4.75. The third-order valence-corrected chi connectivity index (χ3v) is 7.99. The Morgan fingerprint density at radius 1 is 0.455 bits per heavy atom. The summed E-state index contributed by atoms with van der Waals surface area (Å²) in [6.45, 7) is 6.47. The van der Waals surface area contributed by atoms with Crippen molar-refractivity contribution < 1.29 is 55.8 Å². The number of benzene rings is 2.